The van der Waals surface area contributed by atoms with Crippen molar-refractivity contribution < 1.29 is 31.0 Å². The summed E-state index contributed by atoms with van der Waals surface area (Å²) in [7, 11) is 0. The topological polar surface area (TPSA) is 196 Å². The minimum absolute atomic E-state index is 0. The molecule has 0 aromatic heterocycles. The van der Waals surface area contributed by atoms with Gasteiger partial charge in [-0.2, -0.15) is 0 Å². The maximum absolute atomic E-state index is 10.3. The van der Waals surface area contributed by atoms with Crippen LogP contribution >= 0.6 is 0 Å². The Balaban J connectivity index is -0.0000000794. The van der Waals surface area contributed by atoms with E-state index in [1.165, 1.54) is 0 Å². The van der Waals surface area contributed by atoms with Crippen LogP contribution in [0.2, 0.25) is 0 Å². The van der Waals surface area contributed by atoms with Crippen molar-refractivity contribution in [3.8, 4) is 0 Å². The van der Waals surface area contributed by atoms with Crippen LogP contribution in [0.25, 0.3) is 0 Å². The molecule has 162 valence electrons. The van der Waals surface area contributed by atoms with Gasteiger partial charge in [-0.15, -0.1) is 0 Å². The first-order valence-corrected chi connectivity index (χ1v) is 9.11. The van der Waals surface area contributed by atoms with Gasteiger partial charge >= 0.3 is 21.1 Å². The molecule has 0 saturated carbocycles. The number of carboxylic acid groups (broad SMARTS) is 1. The van der Waals surface area contributed by atoms with Crippen molar-refractivity contribution in [1.29, 1.82) is 0 Å². The van der Waals surface area contributed by atoms with E-state index in [1.54, 1.807) is 0 Å². The Labute approximate surface area is 175 Å². The summed E-state index contributed by atoms with van der Waals surface area (Å²) in [6.45, 7) is 11.3. The molecule has 0 aliphatic heterocycles. The molecule has 0 radical (unpaired) electrons. The molecule has 26 heavy (non-hydrogen) atoms. The molecule has 0 heterocycles. The summed E-state index contributed by atoms with van der Waals surface area (Å²) in [5.74, 6) is -1.11. The number of rotatable bonds is 8. The summed E-state index contributed by atoms with van der Waals surface area (Å²) in [6.07, 6.45) is 3.52. The van der Waals surface area contributed by atoms with Crippen molar-refractivity contribution in [3.63, 3.8) is 0 Å². The first-order valence-electron chi connectivity index (χ1n) is 9.11. The van der Waals surface area contributed by atoms with Crippen LogP contribution in [0.1, 0.15) is 60.3 Å². The van der Waals surface area contributed by atoms with Gasteiger partial charge in [-0.3, -0.25) is 0 Å². The monoisotopic (exact) mass is 560 g/mol. The maximum Gasteiger partial charge on any atom is 4.00 e. The quantitative estimate of drug-likeness (QED) is 0.213. The number of aliphatic carboxylic acids is 1. The zero-order valence-corrected chi connectivity index (χ0v) is 19.6. The summed E-state index contributed by atoms with van der Waals surface area (Å²) in [5.41, 5.74) is 30.6. The molecule has 4 unspecified atom stereocenters. The maximum atomic E-state index is 10.3. The Morgan fingerprint density at radius 3 is 1.23 bits per heavy atom. The van der Waals surface area contributed by atoms with E-state index in [9.17, 15) is 9.90 Å². The summed E-state index contributed by atoms with van der Waals surface area (Å²) in [5, 5.41) is 10.3. The second-order valence-corrected chi connectivity index (χ2v) is 6.21. The van der Waals surface area contributed by atoms with Crippen molar-refractivity contribution in [1.82, 2.24) is 0 Å². The SMILES string of the molecule is CC(N)CN.CC(N)CN.CC(N)CN.CCCCC(CC)C(=O)[O-].[Pt+4]. The van der Waals surface area contributed by atoms with E-state index in [0.717, 1.165) is 19.3 Å². The molecular formula is C17H45N6O2Pt+3. The van der Waals surface area contributed by atoms with Crippen LogP contribution in [0.5, 0.6) is 0 Å². The zero-order chi connectivity index (χ0) is 20.8. The third-order valence-electron chi connectivity index (χ3n) is 2.85. The van der Waals surface area contributed by atoms with Gasteiger partial charge in [-0.1, -0.05) is 26.7 Å². The van der Waals surface area contributed by atoms with Gasteiger partial charge in [0.05, 0.1) is 0 Å². The molecule has 8 nitrogen and oxygen atoms in total. The van der Waals surface area contributed by atoms with Crippen LogP contribution in [-0.4, -0.2) is 43.7 Å². The van der Waals surface area contributed by atoms with E-state index in [2.05, 4.69) is 6.92 Å². The van der Waals surface area contributed by atoms with Crippen LogP contribution in [0, 0.1) is 5.92 Å². The van der Waals surface area contributed by atoms with Gasteiger partial charge in [0, 0.05) is 43.7 Å². The second kappa shape index (κ2) is 29.7. The largest absolute Gasteiger partial charge is 4.00 e. The number of carboxylic acids is 1. The number of hydrogen-bond donors (Lipinski definition) is 6. The molecule has 0 aromatic rings. The van der Waals surface area contributed by atoms with Gasteiger partial charge < -0.3 is 44.3 Å². The number of carbonyl (C=O) groups excluding carboxylic acids is 1. The van der Waals surface area contributed by atoms with Crippen LogP contribution in [-0.2, 0) is 25.9 Å². The fraction of sp³-hybridized carbons (Fsp3) is 0.941. The van der Waals surface area contributed by atoms with Crippen molar-refractivity contribution in [2.24, 2.45) is 40.3 Å². The number of hydrogen-bond acceptors (Lipinski definition) is 8. The molecule has 0 aromatic carbocycles. The second-order valence-electron chi connectivity index (χ2n) is 6.21. The Hall–Kier alpha value is -0.0817. The first kappa shape index (κ1) is 36.8. The fourth-order valence-electron chi connectivity index (χ4n) is 0.939. The van der Waals surface area contributed by atoms with E-state index in [-0.39, 0.29) is 45.1 Å². The molecule has 0 aliphatic rings. The molecule has 0 bridgehead atoms. The van der Waals surface area contributed by atoms with Crippen molar-refractivity contribution >= 4 is 5.97 Å². The van der Waals surface area contributed by atoms with E-state index < -0.39 is 5.97 Å². The predicted molar refractivity (Wildman–Crippen MR) is 106 cm³/mol. The number of nitrogens with two attached hydrogens (primary N) is 6. The average Bonchev–Trinajstić information content (AvgIpc) is 2.56. The van der Waals surface area contributed by atoms with E-state index in [1.807, 2.05) is 27.7 Å². The van der Waals surface area contributed by atoms with Crippen molar-refractivity contribution in [3.05, 3.63) is 0 Å². The van der Waals surface area contributed by atoms with Gasteiger partial charge in [-0.05, 0) is 39.5 Å². The molecule has 0 spiro atoms. The molecule has 0 aliphatic carbocycles. The van der Waals surface area contributed by atoms with Crippen LogP contribution in [0.15, 0.2) is 0 Å². The van der Waals surface area contributed by atoms with E-state index in [0.29, 0.717) is 26.1 Å². The minimum atomic E-state index is -0.893. The smallest absolute Gasteiger partial charge is 0.550 e. The third-order valence-corrected chi connectivity index (χ3v) is 2.85. The third kappa shape index (κ3) is 49.6. The Kier molecular flexibility index (Phi) is 42.0. The number of carbonyl (C=O) groups is 1. The van der Waals surface area contributed by atoms with Gasteiger partial charge in [0.15, 0.2) is 0 Å². The van der Waals surface area contributed by atoms with Crippen LogP contribution < -0.4 is 39.5 Å². The molecule has 12 N–H and O–H groups in total. The van der Waals surface area contributed by atoms with Crippen LogP contribution in [0.4, 0.5) is 0 Å². The van der Waals surface area contributed by atoms with Gasteiger partial charge in [0.25, 0.3) is 0 Å². The normalized spacial score (nSPS) is 13.7. The molecular weight excluding hydrogens is 515 g/mol. The molecule has 0 saturated heterocycles. The Morgan fingerprint density at radius 1 is 0.846 bits per heavy atom. The predicted octanol–water partition coefficient (Wildman–Crippen LogP) is -1.17. The van der Waals surface area contributed by atoms with Gasteiger partial charge in [-0.25, -0.2) is 0 Å². The zero-order valence-electron chi connectivity index (χ0n) is 17.4. The summed E-state index contributed by atoms with van der Waals surface area (Å²) in [4.78, 5) is 10.3. The standard InChI is InChI=1S/C8H16O2.3C3H10N2.Pt/c1-3-5-6-7(4-2)8(9)10;3*1-3(5)2-4;/h7H,3-6H2,1-2H3,(H,9,10);3*3H,2,4-5H2,1H3;/q;;;;+4/p-1. The van der Waals surface area contributed by atoms with Gasteiger partial charge in [0.1, 0.15) is 0 Å². The number of unbranched alkanes of at least 4 members (excludes halogenated alkanes) is 1. The Morgan fingerprint density at radius 2 is 1.12 bits per heavy atom. The van der Waals surface area contributed by atoms with Gasteiger partial charge in [0.2, 0.25) is 0 Å². The minimum Gasteiger partial charge on any atom is -0.550 e. The molecule has 4 atom stereocenters. The van der Waals surface area contributed by atoms with Crippen molar-refractivity contribution in [2.45, 2.75) is 78.4 Å². The molecule has 0 amide bonds. The molecule has 0 fully saturated rings. The molecule has 9 heteroatoms. The van der Waals surface area contributed by atoms with Crippen molar-refractivity contribution in [2.75, 3.05) is 19.6 Å². The first-order chi connectivity index (χ1) is 11.5. The summed E-state index contributed by atoms with van der Waals surface area (Å²) >= 11 is 0. The van der Waals surface area contributed by atoms with Crippen LogP contribution in [0.3, 0.4) is 0 Å². The fourth-order valence-corrected chi connectivity index (χ4v) is 0.939. The average molecular weight is 561 g/mol. The summed E-state index contributed by atoms with van der Waals surface area (Å²) in [6, 6.07) is 0.486. The Bertz CT molecular complexity index is 238. The summed E-state index contributed by atoms with van der Waals surface area (Å²) < 4.78 is 0. The van der Waals surface area contributed by atoms with E-state index in [4.69, 9.17) is 34.4 Å². The molecule has 0 rings (SSSR count). The van der Waals surface area contributed by atoms with E-state index >= 15 is 0 Å².